The maximum Gasteiger partial charge on any atom is 0.348 e. The van der Waals surface area contributed by atoms with E-state index in [0.717, 1.165) is 32.8 Å². The van der Waals surface area contributed by atoms with Crippen LogP contribution in [0.1, 0.15) is 32.5 Å². The summed E-state index contributed by atoms with van der Waals surface area (Å²) in [6.45, 7) is 1.52. The van der Waals surface area contributed by atoms with Crippen LogP contribution < -0.4 is 10.1 Å². The Bertz CT molecular complexity index is 1210. The molecule has 1 atom stereocenters. The first-order valence-electron chi connectivity index (χ1n) is 10.0. The van der Waals surface area contributed by atoms with Crippen molar-refractivity contribution in [3.8, 4) is 5.75 Å². The maximum atomic E-state index is 12.7. The molecule has 7 nitrogen and oxygen atoms in total. The lowest BCUT2D eigenvalue weighted by Crippen LogP contribution is -2.33. The van der Waals surface area contributed by atoms with Crippen LogP contribution >= 0.6 is 11.3 Å². The van der Waals surface area contributed by atoms with Crippen LogP contribution in [0.25, 0.3) is 10.2 Å². The smallest absolute Gasteiger partial charge is 0.348 e. The van der Waals surface area contributed by atoms with Crippen molar-refractivity contribution in [3.63, 3.8) is 0 Å². The zero-order valence-corrected chi connectivity index (χ0v) is 18.8. The van der Waals surface area contributed by atoms with Crippen LogP contribution in [-0.4, -0.2) is 35.4 Å². The number of methoxy groups -OCH3 is 1. The Morgan fingerprint density at radius 3 is 2.44 bits per heavy atom. The highest BCUT2D eigenvalue weighted by Crippen LogP contribution is 2.28. The summed E-state index contributed by atoms with van der Waals surface area (Å²) in [6.07, 6.45) is 0. The molecule has 0 spiro atoms. The van der Waals surface area contributed by atoms with Crippen LogP contribution in [0.5, 0.6) is 5.75 Å². The standard InChI is InChI=1S/C24H23N3O4S/c1-15-19-13-20(32-23(19)27(2)26-15)24(29)31-14-21(28)25-22(16-7-5-4-6-8-16)17-9-11-18(30-3)12-10-17/h4-13,22H,14H2,1-3H3,(H,25,28). The van der Waals surface area contributed by atoms with Crippen molar-refractivity contribution in [3.05, 3.63) is 82.4 Å². The zero-order chi connectivity index (χ0) is 22.7. The summed E-state index contributed by atoms with van der Waals surface area (Å²) in [5.41, 5.74) is 2.66. The van der Waals surface area contributed by atoms with E-state index in [1.165, 1.54) is 11.3 Å². The van der Waals surface area contributed by atoms with Crippen molar-refractivity contribution < 1.29 is 19.1 Å². The predicted octanol–water partition coefficient (Wildman–Crippen LogP) is 4.01. The van der Waals surface area contributed by atoms with Gasteiger partial charge in [0.1, 0.15) is 15.5 Å². The Labute approximate surface area is 189 Å². The molecule has 0 aliphatic carbocycles. The topological polar surface area (TPSA) is 82.4 Å². The number of fused-ring (bicyclic) bond motifs is 1. The van der Waals surface area contributed by atoms with Crippen LogP contribution in [-0.2, 0) is 16.6 Å². The number of thiophene rings is 1. The number of hydrogen-bond donors (Lipinski definition) is 1. The average Bonchev–Trinajstić information content (AvgIpc) is 3.37. The van der Waals surface area contributed by atoms with E-state index >= 15 is 0 Å². The second-order valence-corrected chi connectivity index (χ2v) is 8.33. The molecule has 2 heterocycles. The number of carbonyl (C=O) groups is 2. The summed E-state index contributed by atoms with van der Waals surface area (Å²) in [6, 6.07) is 18.5. The van der Waals surface area contributed by atoms with Crippen LogP contribution in [0.3, 0.4) is 0 Å². The average molecular weight is 450 g/mol. The fourth-order valence-corrected chi connectivity index (χ4v) is 4.53. The van der Waals surface area contributed by atoms with Gasteiger partial charge in [0, 0.05) is 12.4 Å². The van der Waals surface area contributed by atoms with Gasteiger partial charge in [-0.05, 0) is 36.2 Å². The van der Waals surface area contributed by atoms with E-state index in [4.69, 9.17) is 9.47 Å². The molecule has 4 aromatic rings. The molecular weight excluding hydrogens is 426 g/mol. The van der Waals surface area contributed by atoms with Crippen LogP contribution in [0.4, 0.5) is 0 Å². The van der Waals surface area contributed by atoms with Crippen molar-refractivity contribution in [2.45, 2.75) is 13.0 Å². The van der Waals surface area contributed by atoms with Gasteiger partial charge in [0.05, 0.1) is 18.8 Å². The lowest BCUT2D eigenvalue weighted by molar-refractivity contribution is -0.124. The number of aryl methyl sites for hydroxylation is 2. The first-order chi connectivity index (χ1) is 15.5. The molecule has 0 saturated carbocycles. The van der Waals surface area contributed by atoms with Gasteiger partial charge in [-0.3, -0.25) is 9.48 Å². The second kappa shape index (κ2) is 9.23. The Balaban J connectivity index is 1.45. The van der Waals surface area contributed by atoms with Crippen molar-refractivity contribution in [1.29, 1.82) is 0 Å². The van der Waals surface area contributed by atoms with Crippen LogP contribution in [0.2, 0.25) is 0 Å². The summed E-state index contributed by atoms with van der Waals surface area (Å²) < 4.78 is 12.2. The summed E-state index contributed by atoms with van der Waals surface area (Å²) >= 11 is 1.30. The molecule has 0 aliphatic heterocycles. The molecule has 32 heavy (non-hydrogen) atoms. The fraction of sp³-hybridized carbons (Fsp3) is 0.208. The normalized spacial score (nSPS) is 11.8. The molecule has 0 fully saturated rings. The van der Waals surface area contributed by atoms with Gasteiger partial charge in [-0.1, -0.05) is 42.5 Å². The molecular formula is C24H23N3O4S. The highest BCUT2D eigenvalue weighted by atomic mass is 32.1. The molecule has 1 N–H and O–H groups in total. The van der Waals surface area contributed by atoms with Gasteiger partial charge in [0.15, 0.2) is 6.61 Å². The van der Waals surface area contributed by atoms with E-state index in [1.807, 2.05) is 68.6 Å². The maximum absolute atomic E-state index is 12.7. The van der Waals surface area contributed by atoms with Gasteiger partial charge in [0.2, 0.25) is 0 Å². The number of nitrogens with zero attached hydrogens (tertiary/aromatic N) is 2. The number of nitrogens with one attached hydrogen (secondary N) is 1. The number of aromatic nitrogens is 2. The first-order valence-corrected chi connectivity index (χ1v) is 10.9. The predicted molar refractivity (Wildman–Crippen MR) is 123 cm³/mol. The van der Waals surface area contributed by atoms with Crippen LogP contribution in [0, 0.1) is 6.92 Å². The number of carbonyl (C=O) groups excluding carboxylic acids is 2. The van der Waals surface area contributed by atoms with Crippen molar-refractivity contribution in [2.75, 3.05) is 13.7 Å². The summed E-state index contributed by atoms with van der Waals surface area (Å²) in [4.78, 5) is 26.5. The van der Waals surface area contributed by atoms with E-state index < -0.39 is 5.97 Å². The van der Waals surface area contributed by atoms with Crippen LogP contribution in [0.15, 0.2) is 60.7 Å². The Kier molecular flexibility index (Phi) is 6.23. The zero-order valence-electron chi connectivity index (χ0n) is 18.0. The highest BCUT2D eigenvalue weighted by molar-refractivity contribution is 7.20. The fourth-order valence-electron chi connectivity index (χ4n) is 3.51. The highest BCUT2D eigenvalue weighted by Gasteiger charge is 2.20. The van der Waals surface area contributed by atoms with Gasteiger partial charge in [0.25, 0.3) is 5.91 Å². The molecule has 2 aromatic heterocycles. The molecule has 164 valence electrons. The number of ether oxygens (including phenoxy) is 2. The minimum absolute atomic E-state index is 0.371. The van der Waals surface area contributed by atoms with E-state index in [-0.39, 0.29) is 18.6 Å². The Hall–Kier alpha value is -3.65. The van der Waals surface area contributed by atoms with E-state index in [2.05, 4.69) is 10.4 Å². The third-order valence-corrected chi connectivity index (χ3v) is 6.30. The number of rotatable bonds is 7. The first kappa shape index (κ1) is 21.6. The molecule has 0 saturated heterocycles. The number of esters is 1. The molecule has 1 amide bonds. The largest absolute Gasteiger partial charge is 0.497 e. The third-order valence-electron chi connectivity index (χ3n) is 5.12. The van der Waals surface area contributed by atoms with Crippen molar-refractivity contribution in [1.82, 2.24) is 15.1 Å². The lowest BCUT2D eigenvalue weighted by atomic mass is 9.98. The number of amides is 1. The van der Waals surface area contributed by atoms with Gasteiger partial charge >= 0.3 is 5.97 Å². The van der Waals surface area contributed by atoms with E-state index in [1.54, 1.807) is 17.9 Å². The quantitative estimate of drug-likeness (QED) is 0.431. The van der Waals surface area contributed by atoms with Crippen molar-refractivity contribution >= 4 is 33.4 Å². The number of hydrogen-bond acceptors (Lipinski definition) is 6. The molecule has 2 aromatic carbocycles. The molecule has 1 unspecified atom stereocenters. The summed E-state index contributed by atoms with van der Waals surface area (Å²) in [7, 11) is 3.44. The molecule has 8 heteroatoms. The molecule has 4 rings (SSSR count). The van der Waals surface area contributed by atoms with Gasteiger partial charge in [-0.2, -0.15) is 5.10 Å². The van der Waals surface area contributed by atoms with Gasteiger partial charge in [-0.15, -0.1) is 11.3 Å². The number of benzene rings is 2. The van der Waals surface area contributed by atoms with E-state index in [9.17, 15) is 9.59 Å². The van der Waals surface area contributed by atoms with E-state index in [0.29, 0.717) is 4.88 Å². The van der Waals surface area contributed by atoms with Gasteiger partial charge < -0.3 is 14.8 Å². The summed E-state index contributed by atoms with van der Waals surface area (Å²) in [5, 5.41) is 8.21. The molecule has 0 radical (unpaired) electrons. The molecule has 0 aliphatic rings. The SMILES string of the molecule is COc1ccc(C(NC(=O)COC(=O)c2cc3c(C)nn(C)c3s2)c2ccccc2)cc1. The monoisotopic (exact) mass is 449 g/mol. The molecule has 0 bridgehead atoms. The minimum Gasteiger partial charge on any atom is -0.497 e. The Morgan fingerprint density at radius 1 is 1.09 bits per heavy atom. The van der Waals surface area contributed by atoms with Gasteiger partial charge in [-0.25, -0.2) is 4.79 Å². The second-order valence-electron chi connectivity index (χ2n) is 7.30. The third kappa shape index (κ3) is 4.50. The lowest BCUT2D eigenvalue weighted by Gasteiger charge is -2.20. The minimum atomic E-state index is -0.526. The van der Waals surface area contributed by atoms with Crippen molar-refractivity contribution in [2.24, 2.45) is 7.05 Å². The summed E-state index contributed by atoms with van der Waals surface area (Å²) in [5.74, 6) is -0.182. The Morgan fingerprint density at radius 2 is 1.78 bits per heavy atom.